The number of pyridine rings is 1. The van der Waals surface area contributed by atoms with Crippen LogP contribution in [0.25, 0.3) is 21.7 Å². The van der Waals surface area contributed by atoms with E-state index in [4.69, 9.17) is 0 Å². The molecule has 1 aliphatic heterocycles. The summed E-state index contributed by atoms with van der Waals surface area (Å²) >= 11 is 1.24. The van der Waals surface area contributed by atoms with E-state index in [0.717, 1.165) is 5.56 Å². The Balaban J connectivity index is 1.49. The maximum atomic E-state index is 13.3. The van der Waals surface area contributed by atoms with Crippen molar-refractivity contribution < 1.29 is 4.79 Å². The second-order valence-electron chi connectivity index (χ2n) is 7.13. The van der Waals surface area contributed by atoms with Crippen LogP contribution in [0.4, 0.5) is 0 Å². The summed E-state index contributed by atoms with van der Waals surface area (Å²) in [6, 6.07) is 15.6. The number of carbonyl (C=O) groups excluding carboxylic acids is 1. The first kappa shape index (κ1) is 18.7. The van der Waals surface area contributed by atoms with E-state index in [1.165, 1.54) is 11.3 Å². The van der Waals surface area contributed by atoms with Crippen molar-refractivity contribution in [3.63, 3.8) is 0 Å². The smallest absolute Gasteiger partial charge is 0.269 e. The number of benzene rings is 1. The Labute approximate surface area is 176 Å². The number of hydrogen-bond acceptors (Lipinski definition) is 6. The van der Waals surface area contributed by atoms with Crippen LogP contribution in [0.5, 0.6) is 0 Å². The van der Waals surface area contributed by atoms with Crippen molar-refractivity contribution in [1.82, 2.24) is 25.2 Å². The SMILES string of the molecule is O=C(c1csc2c(=O)[nH]c(-c3ccccn3)nc12)N1CCNC(c2ccccc2)C1. The highest BCUT2D eigenvalue weighted by Crippen LogP contribution is 2.26. The van der Waals surface area contributed by atoms with Crippen LogP contribution in [0, 0.1) is 0 Å². The molecule has 1 fully saturated rings. The van der Waals surface area contributed by atoms with Crippen molar-refractivity contribution in [2.24, 2.45) is 0 Å². The summed E-state index contributed by atoms with van der Waals surface area (Å²) in [5.74, 6) is 0.261. The second-order valence-corrected chi connectivity index (χ2v) is 8.00. The number of H-pyrrole nitrogens is 1. The molecule has 30 heavy (non-hydrogen) atoms. The number of nitrogens with one attached hydrogen (secondary N) is 2. The summed E-state index contributed by atoms with van der Waals surface area (Å²) in [7, 11) is 0. The minimum Gasteiger partial charge on any atom is -0.335 e. The van der Waals surface area contributed by atoms with Gasteiger partial charge in [-0.1, -0.05) is 36.4 Å². The Bertz CT molecular complexity index is 1250. The van der Waals surface area contributed by atoms with Gasteiger partial charge in [0.1, 0.15) is 15.9 Å². The Hall–Kier alpha value is -3.36. The number of nitrogens with zero attached hydrogens (tertiary/aromatic N) is 3. The predicted octanol–water partition coefficient (Wildman–Crippen LogP) is 2.83. The average molecular weight is 417 g/mol. The number of carbonyl (C=O) groups is 1. The quantitative estimate of drug-likeness (QED) is 0.535. The third-order valence-corrected chi connectivity index (χ3v) is 6.20. The van der Waals surface area contributed by atoms with Crippen LogP contribution in [0.15, 0.2) is 64.9 Å². The highest BCUT2D eigenvalue weighted by atomic mass is 32.1. The number of aromatic nitrogens is 3. The molecule has 0 radical (unpaired) electrons. The van der Waals surface area contributed by atoms with Crippen LogP contribution in [0.2, 0.25) is 0 Å². The van der Waals surface area contributed by atoms with Gasteiger partial charge < -0.3 is 15.2 Å². The van der Waals surface area contributed by atoms with Crippen molar-refractivity contribution in [3.05, 3.63) is 81.6 Å². The van der Waals surface area contributed by atoms with E-state index >= 15 is 0 Å². The number of rotatable bonds is 3. The molecule has 0 saturated carbocycles. The molecule has 1 unspecified atom stereocenters. The molecule has 0 spiro atoms. The lowest BCUT2D eigenvalue weighted by Gasteiger charge is -2.34. The highest BCUT2D eigenvalue weighted by Gasteiger charge is 2.27. The second kappa shape index (κ2) is 7.81. The van der Waals surface area contributed by atoms with Gasteiger partial charge in [0.25, 0.3) is 11.5 Å². The first-order valence-electron chi connectivity index (χ1n) is 9.71. The van der Waals surface area contributed by atoms with Gasteiger partial charge in [-0.15, -0.1) is 11.3 Å². The van der Waals surface area contributed by atoms with Crippen LogP contribution < -0.4 is 10.9 Å². The molecule has 4 aromatic rings. The van der Waals surface area contributed by atoms with E-state index in [9.17, 15) is 9.59 Å². The summed E-state index contributed by atoms with van der Waals surface area (Å²) in [6.45, 7) is 1.88. The van der Waals surface area contributed by atoms with Gasteiger partial charge in [0, 0.05) is 37.3 Å². The number of thiophene rings is 1. The number of hydrogen-bond donors (Lipinski definition) is 2. The Morgan fingerprint density at radius 2 is 1.97 bits per heavy atom. The molecule has 8 heteroatoms. The van der Waals surface area contributed by atoms with Crippen molar-refractivity contribution in [2.45, 2.75) is 6.04 Å². The van der Waals surface area contributed by atoms with Crippen LogP contribution >= 0.6 is 11.3 Å². The van der Waals surface area contributed by atoms with Crippen molar-refractivity contribution >= 4 is 27.5 Å². The zero-order valence-electron chi connectivity index (χ0n) is 16.0. The zero-order valence-corrected chi connectivity index (χ0v) is 16.9. The van der Waals surface area contributed by atoms with Crippen molar-refractivity contribution in [3.8, 4) is 11.5 Å². The summed E-state index contributed by atoms with van der Waals surface area (Å²) < 4.78 is 0.452. The fourth-order valence-corrected chi connectivity index (χ4v) is 4.59. The van der Waals surface area contributed by atoms with E-state index in [-0.39, 0.29) is 17.5 Å². The summed E-state index contributed by atoms with van der Waals surface area (Å²) in [5.41, 5.74) is 2.35. The molecule has 2 N–H and O–H groups in total. The molecule has 5 rings (SSSR count). The average Bonchev–Trinajstić information content (AvgIpc) is 3.24. The molecule has 3 aromatic heterocycles. The van der Waals surface area contributed by atoms with Crippen LogP contribution in [-0.2, 0) is 0 Å². The van der Waals surface area contributed by atoms with E-state index in [1.54, 1.807) is 23.7 Å². The van der Waals surface area contributed by atoms with Gasteiger partial charge in [0.2, 0.25) is 0 Å². The van der Waals surface area contributed by atoms with Gasteiger partial charge in [-0.2, -0.15) is 0 Å². The van der Waals surface area contributed by atoms with Gasteiger partial charge in [0.05, 0.1) is 5.56 Å². The van der Waals surface area contributed by atoms with E-state index in [1.807, 2.05) is 29.2 Å². The van der Waals surface area contributed by atoms with Crippen LogP contribution in [-0.4, -0.2) is 45.4 Å². The zero-order chi connectivity index (χ0) is 20.5. The minimum atomic E-state index is -0.257. The van der Waals surface area contributed by atoms with Gasteiger partial charge in [0.15, 0.2) is 5.82 Å². The topological polar surface area (TPSA) is 91.0 Å². The lowest BCUT2D eigenvalue weighted by molar-refractivity contribution is 0.0705. The van der Waals surface area contributed by atoms with Crippen LogP contribution in [0.1, 0.15) is 22.0 Å². The molecular weight excluding hydrogens is 398 g/mol. The van der Waals surface area contributed by atoms with Gasteiger partial charge in [-0.05, 0) is 17.7 Å². The number of piperazine rings is 1. The number of amides is 1. The minimum absolute atomic E-state index is 0.0780. The first-order chi connectivity index (χ1) is 14.7. The molecule has 7 nitrogen and oxygen atoms in total. The third kappa shape index (κ3) is 3.40. The van der Waals surface area contributed by atoms with Gasteiger partial charge >= 0.3 is 0 Å². The lowest BCUT2D eigenvalue weighted by atomic mass is 10.0. The van der Waals surface area contributed by atoms with Crippen molar-refractivity contribution in [2.75, 3.05) is 19.6 Å². The third-order valence-electron chi connectivity index (χ3n) is 5.23. The van der Waals surface area contributed by atoms with Crippen molar-refractivity contribution in [1.29, 1.82) is 0 Å². The normalized spacial score (nSPS) is 16.7. The Kier molecular flexibility index (Phi) is 4.86. The van der Waals surface area contributed by atoms with Gasteiger partial charge in [-0.3, -0.25) is 14.6 Å². The Morgan fingerprint density at radius 1 is 1.13 bits per heavy atom. The largest absolute Gasteiger partial charge is 0.335 e. The van der Waals surface area contributed by atoms with E-state index in [0.29, 0.717) is 46.9 Å². The van der Waals surface area contributed by atoms with Gasteiger partial charge in [-0.25, -0.2) is 4.98 Å². The molecular formula is C22H19N5O2S. The standard InChI is InChI=1S/C22H19N5O2S/c28-21-19-18(25-20(26-21)16-8-4-5-9-23-16)15(13-30-19)22(29)27-11-10-24-17(12-27)14-6-2-1-3-7-14/h1-9,13,17,24H,10-12H2,(H,25,26,28). The molecule has 1 amide bonds. The number of aromatic amines is 1. The molecule has 1 aromatic carbocycles. The molecule has 0 aliphatic carbocycles. The molecule has 4 heterocycles. The molecule has 1 aliphatic rings. The van der Waals surface area contributed by atoms with Crippen LogP contribution in [0.3, 0.4) is 0 Å². The first-order valence-corrected chi connectivity index (χ1v) is 10.6. The molecule has 1 atom stereocenters. The molecule has 1 saturated heterocycles. The lowest BCUT2D eigenvalue weighted by Crippen LogP contribution is -2.48. The number of fused-ring (bicyclic) bond motifs is 1. The Morgan fingerprint density at radius 3 is 2.77 bits per heavy atom. The maximum absolute atomic E-state index is 13.3. The molecule has 0 bridgehead atoms. The van der Waals surface area contributed by atoms with E-state index in [2.05, 4.69) is 32.4 Å². The fraction of sp³-hybridized carbons (Fsp3) is 0.182. The highest BCUT2D eigenvalue weighted by molar-refractivity contribution is 7.17. The fourth-order valence-electron chi connectivity index (χ4n) is 3.72. The maximum Gasteiger partial charge on any atom is 0.269 e. The summed E-state index contributed by atoms with van der Waals surface area (Å²) in [5, 5.41) is 5.21. The predicted molar refractivity (Wildman–Crippen MR) is 117 cm³/mol. The summed E-state index contributed by atoms with van der Waals surface area (Å²) in [4.78, 5) is 39.4. The van der Waals surface area contributed by atoms with E-state index < -0.39 is 0 Å². The summed E-state index contributed by atoms with van der Waals surface area (Å²) in [6.07, 6.45) is 1.64. The monoisotopic (exact) mass is 417 g/mol. The molecule has 150 valence electrons.